The molecule has 1 aromatic carbocycles. The van der Waals surface area contributed by atoms with Gasteiger partial charge in [-0.1, -0.05) is 24.3 Å². The first-order valence-corrected chi connectivity index (χ1v) is 5.65. The lowest BCUT2D eigenvalue weighted by Crippen LogP contribution is -2.41. The molecule has 0 aromatic heterocycles. The molecule has 1 aromatic rings. The van der Waals surface area contributed by atoms with Gasteiger partial charge in [0, 0.05) is 25.7 Å². The highest BCUT2D eigenvalue weighted by molar-refractivity contribution is 5.17. The standard InChI is InChI=1S/C13H17FN2/c14-12-5-3-4-11(8-12)10-16-7-2-1-6-13(16)9-15/h1,3-6,8,13H,2,7,9-10,15H2. The molecule has 1 heterocycles. The average Bonchev–Trinajstić information content (AvgIpc) is 2.30. The van der Waals surface area contributed by atoms with Crippen molar-refractivity contribution in [1.29, 1.82) is 0 Å². The third-order valence-corrected chi connectivity index (χ3v) is 2.93. The topological polar surface area (TPSA) is 29.3 Å². The van der Waals surface area contributed by atoms with E-state index in [1.807, 2.05) is 6.07 Å². The predicted octanol–water partition coefficient (Wildman–Crippen LogP) is 1.91. The van der Waals surface area contributed by atoms with Crippen LogP contribution in [0.5, 0.6) is 0 Å². The summed E-state index contributed by atoms with van der Waals surface area (Å²) < 4.78 is 13.0. The lowest BCUT2D eigenvalue weighted by atomic mass is 10.1. The molecule has 86 valence electrons. The summed E-state index contributed by atoms with van der Waals surface area (Å²) in [7, 11) is 0. The maximum Gasteiger partial charge on any atom is 0.123 e. The van der Waals surface area contributed by atoms with E-state index in [1.165, 1.54) is 6.07 Å². The highest BCUT2D eigenvalue weighted by Crippen LogP contribution is 2.14. The number of rotatable bonds is 3. The zero-order valence-corrected chi connectivity index (χ0v) is 9.27. The van der Waals surface area contributed by atoms with Crippen LogP contribution in [0.1, 0.15) is 12.0 Å². The van der Waals surface area contributed by atoms with Crippen LogP contribution < -0.4 is 5.73 Å². The summed E-state index contributed by atoms with van der Waals surface area (Å²) in [4.78, 5) is 2.29. The van der Waals surface area contributed by atoms with Crippen LogP contribution in [0.25, 0.3) is 0 Å². The van der Waals surface area contributed by atoms with Crippen molar-refractivity contribution in [1.82, 2.24) is 4.90 Å². The molecule has 0 radical (unpaired) electrons. The van der Waals surface area contributed by atoms with Crippen LogP contribution in [0.2, 0.25) is 0 Å². The molecule has 0 amide bonds. The number of hydrogen-bond donors (Lipinski definition) is 1. The van der Waals surface area contributed by atoms with Crippen molar-refractivity contribution in [2.45, 2.75) is 19.0 Å². The number of nitrogens with two attached hydrogens (primary N) is 1. The molecular formula is C13H17FN2. The minimum Gasteiger partial charge on any atom is -0.329 e. The minimum absolute atomic E-state index is 0.172. The van der Waals surface area contributed by atoms with Gasteiger partial charge in [-0.3, -0.25) is 4.90 Å². The monoisotopic (exact) mass is 220 g/mol. The van der Waals surface area contributed by atoms with Crippen molar-refractivity contribution >= 4 is 0 Å². The first-order valence-electron chi connectivity index (χ1n) is 5.65. The summed E-state index contributed by atoms with van der Waals surface area (Å²) in [5.74, 6) is -0.172. The van der Waals surface area contributed by atoms with Gasteiger partial charge in [-0.15, -0.1) is 0 Å². The SMILES string of the molecule is NCC1C=CCCN1Cc1cccc(F)c1. The minimum atomic E-state index is -0.172. The Balaban J connectivity index is 2.06. The van der Waals surface area contributed by atoms with Crippen molar-refractivity contribution in [2.24, 2.45) is 5.73 Å². The van der Waals surface area contributed by atoms with Crippen LogP contribution in [0.15, 0.2) is 36.4 Å². The normalized spacial score (nSPS) is 21.2. The van der Waals surface area contributed by atoms with E-state index in [0.29, 0.717) is 6.54 Å². The number of halogens is 1. The Morgan fingerprint density at radius 2 is 2.31 bits per heavy atom. The van der Waals surface area contributed by atoms with Crippen LogP contribution in [0, 0.1) is 5.82 Å². The fourth-order valence-electron chi connectivity index (χ4n) is 2.07. The van der Waals surface area contributed by atoms with E-state index in [0.717, 1.165) is 25.1 Å². The van der Waals surface area contributed by atoms with Crippen LogP contribution in [-0.4, -0.2) is 24.0 Å². The molecule has 1 aliphatic rings. The van der Waals surface area contributed by atoms with Crippen molar-refractivity contribution in [3.05, 3.63) is 47.8 Å². The third kappa shape index (κ3) is 2.68. The molecule has 2 N–H and O–H groups in total. The van der Waals surface area contributed by atoms with E-state index < -0.39 is 0 Å². The smallest absolute Gasteiger partial charge is 0.123 e. The van der Waals surface area contributed by atoms with Gasteiger partial charge in [0.1, 0.15) is 5.82 Å². The van der Waals surface area contributed by atoms with Gasteiger partial charge >= 0.3 is 0 Å². The van der Waals surface area contributed by atoms with Gasteiger partial charge in [-0.25, -0.2) is 4.39 Å². The summed E-state index contributed by atoms with van der Waals surface area (Å²) in [5.41, 5.74) is 6.72. The van der Waals surface area contributed by atoms with E-state index in [-0.39, 0.29) is 11.9 Å². The molecule has 0 spiro atoms. The molecule has 3 heteroatoms. The Hall–Kier alpha value is -1.19. The fourth-order valence-corrected chi connectivity index (χ4v) is 2.07. The quantitative estimate of drug-likeness (QED) is 0.788. The Morgan fingerprint density at radius 3 is 3.06 bits per heavy atom. The zero-order valence-electron chi connectivity index (χ0n) is 9.27. The van der Waals surface area contributed by atoms with E-state index in [2.05, 4.69) is 17.1 Å². The largest absolute Gasteiger partial charge is 0.329 e. The van der Waals surface area contributed by atoms with Gasteiger partial charge < -0.3 is 5.73 Å². The van der Waals surface area contributed by atoms with Crippen molar-refractivity contribution < 1.29 is 4.39 Å². The lowest BCUT2D eigenvalue weighted by Gasteiger charge is -2.31. The van der Waals surface area contributed by atoms with Gasteiger partial charge in [-0.2, -0.15) is 0 Å². The predicted molar refractivity (Wildman–Crippen MR) is 63.4 cm³/mol. The Kier molecular flexibility index (Phi) is 3.70. The van der Waals surface area contributed by atoms with Crippen molar-refractivity contribution in [3.63, 3.8) is 0 Å². The second-order valence-electron chi connectivity index (χ2n) is 4.12. The van der Waals surface area contributed by atoms with E-state index in [1.54, 1.807) is 12.1 Å². The van der Waals surface area contributed by atoms with Gasteiger partial charge in [0.2, 0.25) is 0 Å². The zero-order chi connectivity index (χ0) is 11.4. The Morgan fingerprint density at radius 1 is 1.44 bits per heavy atom. The molecule has 2 rings (SSSR count). The van der Waals surface area contributed by atoms with E-state index >= 15 is 0 Å². The van der Waals surface area contributed by atoms with E-state index in [9.17, 15) is 4.39 Å². The fraction of sp³-hybridized carbons (Fsp3) is 0.385. The molecule has 2 nitrogen and oxygen atoms in total. The van der Waals surface area contributed by atoms with E-state index in [4.69, 9.17) is 5.73 Å². The molecule has 0 saturated heterocycles. The highest BCUT2D eigenvalue weighted by Gasteiger charge is 2.17. The summed E-state index contributed by atoms with van der Waals surface area (Å²) in [6.45, 7) is 2.38. The first kappa shape index (κ1) is 11.3. The van der Waals surface area contributed by atoms with Crippen LogP contribution in [-0.2, 0) is 6.54 Å². The summed E-state index contributed by atoms with van der Waals surface area (Å²) in [6, 6.07) is 7.06. The molecule has 16 heavy (non-hydrogen) atoms. The Labute approximate surface area is 95.6 Å². The molecule has 1 aliphatic heterocycles. The Bertz CT molecular complexity index is 376. The summed E-state index contributed by atoms with van der Waals surface area (Å²) >= 11 is 0. The molecule has 1 atom stereocenters. The molecule has 0 fully saturated rings. The van der Waals surface area contributed by atoms with Crippen molar-refractivity contribution in [3.8, 4) is 0 Å². The molecule has 0 saturated carbocycles. The number of hydrogen-bond acceptors (Lipinski definition) is 2. The third-order valence-electron chi connectivity index (χ3n) is 2.93. The van der Waals surface area contributed by atoms with Crippen LogP contribution in [0.3, 0.4) is 0 Å². The maximum atomic E-state index is 13.0. The molecule has 0 aliphatic carbocycles. The van der Waals surface area contributed by atoms with Gasteiger partial charge in [0.15, 0.2) is 0 Å². The second kappa shape index (κ2) is 5.23. The van der Waals surface area contributed by atoms with Gasteiger partial charge in [0.25, 0.3) is 0 Å². The summed E-state index contributed by atoms with van der Waals surface area (Å²) in [6.07, 6.45) is 5.36. The average molecular weight is 220 g/mol. The molecular weight excluding hydrogens is 203 g/mol. The molecule has 1 unspecified atom stereocenters. The highest BCUT2D eigenvalue weighted by atomic mass is 19.1. The van der Waals surface area contributed by atoms with Crippen LogP contribution in [0.4, 0.5) is 4.39 Å². The lowest BCUT2D eigenvalue weighted by molar-refractivity contribution is 0.218. The summed E-state index contributed by atoms with van der Waals surface area (Å²) in [5, 5.41) is 0. The maximum absolute atomic E-state index is 13.0. The van der Waals surface area contributed by atoms with Crippen LogP contribution >= 0.6 is 0 Å². The molecule has 0 bridgehead atoms. The first-order chi connectivity index (χ1) is 7.79. The van der Waals surface area contributed by atoms with Crippen molar-refractivity contribution in [2.75, 3.05) is 13.1 Å². The number of nitrogens with zero attached hydrogens (tertiary/aromatic N) is 1. The van der Waals surface area contributed by atoms with Gasteiger partial charge in [0.05, 0.1) is 0 Å². The van der Waals surface area contributed by atoms with Gasteiger partial charge in [-0.05, 0) is 24.1 Å². The second-order valence-corrected chi connectivity index (χ2v) is 4.12. The number of benzene rings is 1.